The summed E-state index contributed by atoms with van der Waals surface area (Å²) in [5.41, 5.74) is 3.64. The number of anilines is 1. The van der Waals surface area contributed by atoms with Gasteiger partial charge in [-0.05, 0) is 29.8 Å². The van der Waals surface area contributed by atoms with Crippen molar-refractivity contribution in [3.63, 3.8) is 0 Å². The van der Waals surface area contributed by atoms with Crippen molar-refractivity contribution in [3.05, 3.63) is 78.2 Å². The fourth-order valence-corrected chi connectivity index (χ4v) is 4.15. The highest BCUT2D eigenvalue weighted by Crippen LogP contribution is 2.35. The summed E-state index contributed by atoms with van der Waals surface area (Å²) >= 11 is 1.36. The van der Waals surface area contributed by atoms with Crippen LogP contribution in [0.15, 0.2) is 78.2 Å². The molecule has 160 valence electrons. The van der Waals surface area contributed by atoms with Gasteiger partial charge in [-0.3, -0.25) is 10.1 Å². The standard InChI is InChI=1S/C25H20N2O4S/c28-24(15-31-21-9-5-4-8-19(21)17-6-2-1-3-7-17)27-25-26-20(16-32-25)18-10-11-22-23(14-18)30-13-12-29-22/h1-11,14,16H,12-13,15H2,(H,26,27,28). The molecular weight excluding hydrogens is 424 g/mol. The van der Waals surface area contributed by atoms with Gasteiger partial charge in [-0.25, -0.2) is 4.98 Å². The molecular formula is C25H20N2O4S. The number of hydrogen-bond donors (Lipinski definition) is 1. The molecule has 32 heavy (non-hydrogen) atoms. The lowest BCUT2D eigenvalue weighted by Gasteiger charge is -2.18. The van der Waals surface area contributed by atoms with E-state index in [1.165, 1.54) is 11.3 Å². The van der Waals surface area contributed by atoms with Crippen molar-refractivity contribution in [2.45, 2.75) is 0 Å². The topological polar surface area (TPSA) is 69.7 Å². The van der Waals surface area contributed by atoms with Crippen LogP contribution in [-0.4, -0.2) is 30.7 Å². The second kappa shape index (κ2) is 9.11. The van der Waals surface area contributed by atoms with E-state index in [9.17, 15) is 4.79 Å². The van der Waals surface area contributed by atoms with E-state index < -0.39 is 0 Å². The van der Waals surface area contributed by atoms with Crippen molar-refractivity contribution < 1.29 is 19.0 Å². The minimum absolute atomic E-state index is 0.108. The van der Waals surface area contributed by atoms with Crippen LogP contribution in [0.1, 0.15) is 0 Å². The zero-order valence-corrected chi connectivity index (χ0v) is 17.9. The number of carbonyl (C=O) groups excluding carboxylic acids is 1. The molecule has 0 radical (unpaired) electrons. The van der Waals surface area contributed by atoms with Crippen LogP contribution < -0.4 is 19.5 Å². The number of aromatic nitrogens is 1. The summed E-state index contributed by atoms with van der Waals surface area (Å²) in [7, 11) is 0. The Bertz CT molecular complexity index is 1240. The van der Waals surface area contributed by atoms with E-state index >= 15 is 0 Å². The van der Waals surface area contributed by atoms with Crippen molar-refractivity contribution in [3.8, 4) is 39.6 Å². The van der Waals surface area contributed by atoms with Crippen LogP contribution >= 0.6 is 11.3 Å². The molecule has 1 N–H and O–H groups in total. The molecule has 1 aliphatic rings. The molecule has 0 saturated carbocycles. The Hall–Kier alpha value is -3.84. The fraction of sp³-hybridized carbons (Fsp3) is 0.120. The summed E-state index contributed by atoms with van der Waals surface area (Å²) in [6, 6.07) is 23.3. The van der Waals surface area contributed by atoms with Crippen LogP contribution in [0.3, 0.4) is 0 Å². The summed E-state index contributed by atoms with van der Waals surface area (Å²) in [6.45, 7) is 0.974. The van der Waals surface area contributed by atoms with Crippen LogP contribution in [0.4, 0.5) is 5.13 Å². The van der Waals surface area contributed by atoms with Gasteiger partial charge in [-0.15, -0.1) is 11.3 Å². The SMILES string of the molecule is O=C(COc1ccccc1-c1ccccc1)Nc1nc(-c2ccc3c(c2)OCCO3)cs1. The Labute approximate surface area is 189 Å². The van der Waals surface area contributed by atoms with Crippen LogP contribution in [0, 0.1) is 0 Å². The second-order valence-corrected chi connectivity index (χ2v) is 7.95. The van der Waals surface area contributed by atoms with Crippen LogP contribution in [0.5, 0.6) is 17.2 Å². The predicted octanol–water partition coefficient (Wildman–Crippen LogP) is 5.27. The smallest absolute Gasteiger partial charge is 0.264 e. The van der Waals surface area contributed by atoms with Gasteiger partial charge < -0.3 is 14.2 Å². The lowest BCUT2D eigenvalue weighted by Crippen LogP contribution is -2.20. The maximum atomic E-state index is 12.5. The molecule has 0 unspecified atom stereocenters. The van der Waals surface area contributed by atoms with Gasteiger partial charge in [0.25, 0.3) is 5.91 Å². The lowest BCUT2D eigenvalue weighted by molar-refractivity contribution is -0.118. The number of rotatable bonds is 6. The minimum atomic E-state index is -0.268. The van der Waals surface area contributed by atoms with Gasteiger partial charge >= 0.3 is 0 Å². The van der Waals surface area contributed by atoms with Crippen LogP contribution in [-0.2, 0) is 4.79 Å². The maximum Gasteiger partial charge on any atom is 0.264 e. The number of benzene rings is 3. The zero-order valence-electron chi connectivity index (χ0n) is 17.1. The highest BCUT2D eigenvalue weighted by molar-refractivity contribution is 7.14. The average molecular weight is 445 g/mol. The van der Waals surface area contributed by atoms with Gasteiger partial charge in [0.15, 0.2) is 23.2 Å². The molecule has 0 atom stereocenters. The molecule has 0 fully saturated rings. The number of thiazole rings is 1. The Morgan fingerprint density at radius 1 is 0.938 bits per heavy atom. The summed E-state index contributed by atoms with van der Waals surface area (Å²) in [6.07, 6.45) is 0. The van der Waals surface area contributed by atoms with Gasteiger partial charge in [-0.2, -0.15) is 0 Å². The monoisotopic (exact) mass is 444 g/mol. The highest BCUT2D eigenvalue weighted by Gasteiger charge is 2.15. The maximum absolute atomic E-state index is 12.5. The van der Waals surface area contributed by atoms with Gasteiger partial charge in [0.1, 0.15) is 19.0 Å². The van der Waals surface area contributed by atoms with E-state index in [1.54, 1.807) is 0 Å². The molecule has 0 bridgehead atoms. The molecule has 0 aliphatic carbocycles. The summed E-state index contributed by atoms with van der Waals surface area (Å²) < 4.78 is 17.0. The highest BCUT2D eigenvalue weighted by atomic mass is 32.1. The number of para-hydroxylation sites is 1. The van der Waals surface area contributed by atoms with E-state index in [0.717, 1.165) is 28.1 Å². The molecule has 5 rings (SSSR count). The van der Waals surface area contributed by atoms with Crippen LogP contribution in [0.25, 0.3) is 22.4 Å². The Morgan fingerprint density at radius 3 is 2.59 bits per heavy atom. The third-order valence-corrected chi connectivity index (χ3v) is 5.68. The minimum Gasteiger partial charge on any atom is -0.486 e. The van der Waals surface area contributed by atoms with Gasteiger partial charge in [0.05, 0.1) is 5.69 Å². The van der Waals surface area contributed by atoms with Crippen molar-refractivity contribution >= 4 is 22.4 Å². The summed E-state index contributed by atoms with van der Waals surface area (Å²) in [5.74, 6) is 1.83. The van der Waals surface area contributed by atoms with Crippen molar-refractivity contribution in [2.75, 3.05) is 25.1 Å². The normalized spacial score (nSPS) is 12.2. The molecule has 4 aromatic rings. The third kappa shape index (κ3) is 4.43. The average Bonchev–Trinajstić information content (AvgIpc) is 3.31. The van der Waals surface area contributed by atoms with E-state index in [4.69, 9.17) is 14.2 Å². The number of carbonyl (C=O) groups is 1. The first-order chi connectivity index (χ1) is 15.8. The molecule has 2 heterocycles. The zero-order chi connectivity index (χ0) is 21.8. The lowest BCUT2D eigenvalue weighted by atomic mass is 10.1. The van der Waals surface area contributed by atoms with E-state index in [-0.39, 0.29) is 12.5 Å². The Balaban J connectivity index is 1.23. The van der Waals surface area contributed by atoms with Crippen molar-refractivity contribution in [2.24, 2.45) is 0 Å². The van der Waals surface area contributed by atoms with E-state index in [2.05, 4.69) is 10.3 Å². The third-order valence-electron chi connectivity index (χ3n) is 4.92. The molecule has 1 amide bonds. The summed E-state index contributed by atoms with van der Waals surface area (Å²) in [5, 5.41) is 5.22. The largest absolute Gasteiger partial charge is 0.486 e. The molecule has 1 aliphatic heterocycles. The first-order valence-electron chi connectivity index (χ1n) is 10.2. The molecule has 1 aromatic heterocycles. The number of fused-ring (bicyclic) bond motifs is 1. The number of ether oxygens (including phenoxy) is 3. The Morgan fingerprint density at radius 2 is 1.72 bits per heavy atom. The van der Waals surface area contributed by atoms with Gasteiger partial charge in [0.2, 0.25) is 0 Å². The molecule has 0 spiro atoms. The Kier molecular flexibility index (Phi) is 5.72. The van der Waals surface area contributed by atoms with Gasteiger partial charge in [-0.1, -0.05) is 48.5 Å². The van der Waals surface area contributed by atoms with Gasteiger partial charge in [0, 0.05) is 16.5 Å². The fourth-order valence-electron chi connectivity index (χ4n) is 3.41. The number of hydrogen-bond acceptors (Lipinski definition) is 6. The molecule has 6 nitrogen and oxygen atoms in total. The number of amides is 1. The summed E-state index contributed by atoms with van der Waals surface area (Å²) in [4.78, 5) is 17.0. The second-order valence-electron chi connectivity index (χ2n) is 7.10. The predicted molar refractivity (Wildman–Crippen MR) is 125 cm³/mol. The quantitative estimate of drug-likeness (QED) is 0.439. The van der Waals surface area contributed by atoms with Crippen molar-refractivity contribution in [1.29, 1.82) is 0 Å². The molecule has 3 aromatic carbocycles. The first-order valence-corrected chi connectivity index (χ1v) is 11.1. The first kappa shape index (κ1) is 20.1. The molecule has 0 saturated heterocycles. The number of nitrogens with one attached hydrogen (secondary N) is 1. The molecule has 7 heteroatoms. The van der Waals surface area contributed by atoms with Crippen LogP contribution in [0.2, 0.25) is 0 Å². The van der Waals surface area contributed by atoms with E-state index in [0.29, 0.717) is 29.8 Å². The van der Waals surface area contributed by atoms with Crippen molar-refractivity contribution in [1.82, 2.24) is 4.98 Å². The van der Waals surface area contributed by atoms with E-state index in [1.807, 2.05) is 78.2 Å². The number of nitrogens with zero attached hydrogens (tertiary/aromatic N) is 1.